The van der Waals surface area contributed by atoms with E-state index in [4.69, 9.17) is 0 Å². The fourth-order valence-electron chi connectivity index (χ4n) is 1.60. The number of alkyl halides is 3. The maximum absolute atomic E-state index is 12.1. The molecule has 6 heteroatoms. The molecular formula is C13H20F3N3. The maximum Gasteiger partial charge on any atom is 0.390 e. The van der Waals surface area contributed by atoms with Gasteiger partial charge in [-0.25, -0.2) is 0 Å². The second-order valence-electron chi connectivity index (χ2n) is 4.54. The smallest absolute Gasteiger partial charge is 0.313 e. The van der Waals surface area contributed by atoms with Gasteiger partial charge < -0.3 is 10.2 Å². The van der Waals surface area contributed by atoms with Crippen molar-refractivity contribution in [2.75, 3.05) is 20.1 Å². The lowest BCUT2D eigenvalue weighted by molar-refractivity contribution is -0.137. The molecule has 0 aliphatic heterocycles. The van der Waals surface area contributed by atoms with E-state index in [1.807, 2.05) is 19.1 Å². The Balaban J connectivity index is 2.40. The van der Waals surface area contributed by atoms with Gasteiger partial charge in [0.25, 0.3) is 0 Å². The maximum atomic E-state index is 12.1. The molecule has 1 N–H and O–H groups in total. The average molecular weight is 275 g/mol. The molecule has 0 saturated carbocycles. The number of nitrogens with zero attached hydrogens (tertiary/aromatic N) is 2. The number of hydrogen-bond donors (Lipinski definition) is 1. The van der Waals surface area contributed by atoms with Crippen molar-refractivity contribution in [2.45, 2.75) is 32.6 Å². The number of nitrogens with one attached hydrogen (secondary N) is 1. The summed E-state index contributed by atoms with van der Waals surface area (Å²) in [4.78, 5) is 5.88. The van der Waals surface area contributed by atoms with Crippen LogP contribution in [0, 0.1) is 0 Å². The molecule has 0 radical (unpaired) electrons. The molecule has 0 aromatic carbocycles. The molecule has 108 valence electrons. The third-order valence-corrected chi connectivity index (χ3v) is 2.67. The third-order valence-electron chi connectivity index (χ3n) is 2.67. The van der Waals surface area contributed by atoms with Gasteiger partial charge in [-0.2, -0.15) is 13.2 Å². The first-order valence-electron chi connectivity index (χ1n) is 6.30. The largest absolute Gasteiger partial charge is 0.390 e. The van der Waals surface area contributed by atoms with Crippen molar-refractivity contribution in [1.29, 1.82) is 0 Å². The molecule has 1 heterocycles. The van der Waals surface area contributed by atoms with Gasteiger partial charge in [0.15, 0.2) is 0 Å². The highest BCUT2D eigenvalue weighted by Crippen LogP contribution is 2.19. The van der Waals surface area contributed by atoms with E-state index < -0.39 is 12.6 Å². The van der Waals surface area contributed by atoms with E-state index in [0.29, 0.717) is 6.54 Å². The lowest BCUT2D eigenvalue weighted by Gasteiger charge is -2.17. The Labute approximate surface area is 111 Å². The zero-order chi connectivity index (χ0) is 14.3. The highest BCUT2D eigenvalue weighted by Gasteiger charge is 2.27. The van der Waals surface area contributed by atoms with E-state index in [2.05, 4.69) is 10.3 Å². The van der Waals surface area contributed by atoms with Crippen LogP contribution in [0.15, 0.2) is 18.3 Å². The molecule has 0 spiro atoms. The fourth-order valence-corrected chi connectivity index (χ4v) is 1.60. The molecular weight excluding hydrogens is 255 g/mol. The van der Waals surface area contributed by atoms with E-state index in [-0.39, 0.29) is 6.54 Å². The van der Waals surface area contributed by atoms with Crippen LogP contribution < -0.4 is 5.32 Å². The number of aromatic nitrogens is 1. The second kappa shape index (κ2) is 7.45. The second-order valence-corrected chi connectivity index (χ2v) is 4.54. The molecule has 1 aromatic rings. The number of halogens is 3. The SMILES string of the molecule is CCNCc1ccc(CN(C)CCC(F)(F)F)nc1. The van der Waals surface area contributed by atoms with Gasteiger partial charge in [-0.3, -0.25) is 4.98 Å². The molecule has 1 rings (SSSR count). The summed E-state index contributed by atoms with van der Waals surface area (Å²) in [6, 6.07) is 3.80. The van der Waals surface area contributed by atoms with E-state index >= 15 is 0 Å². The number of hydrogen-bond acceptors (Lipinski definition) is 3. The molecule has 3 nitrogen and oxygen atoms in total. The van der Waals surface area contributed by atoms with Gasteiger partial charge in [0, 0.05) is 25.8 Å². The Morgan fingerprint density at radius 3 is 2.58 bits per heavy atom. The van der Waals surface area contributed by atoms with Crippen LogP contribution in [0.25, 0.3) is 0 Å². The predicted molar refractivity (Wildman–Crippen MR) is 68.6 cm³/mol. The molecule has 1 aromatic heterocycles. The summed E-state index contributed by atoms with van der Waals surface area (Å²) in [5.74, 6) is 0. The van der Waals surface area contributed by atoms with Gasteiger partial charge >= 0.3 is 6.18 Å². The molecule has 0 atom stereocenters. The molecule has 19 heavy (non-hydrogen) atoms. The van der Waals surface area contributed by atoms with E-state index in [0.717, 1.165) is 24.3 Å². The summed E-state index contributed by atoms with van der Waals surface area (Å²) >= 11 is 0. The highest BCUT2D eigenvalue weighted by molar-refractivity contribution is 5.13. The minimum Gasteiger partial charge on any atom is -0.313 e. The highest BCUT2D eigenvalue weighted by atomic mass is 19.4. The van der Waals surface area contributed by atoms with Crippen molar-refractivity contribution >= 4 is 0 Å². The summed E-state index contributed by atoms with van der Waals surface area (Å²) in [5.41, 5.74) is 1.86. The van der Waals surface area contributed by atoms with Crippen molar-refractivity contribution in [1.82, 2.24) is 15.2 Å². The molecule has 0 amide bonds. The number of pyridine rings is 1. The van der Waals surface area contributed by atoms with Gasteiger partial charge in [-0.15, -0.1) is 0 Å². The van der Waals surface area contributed by atoms with Crippen LogP contribution in [0.4, 0.5) is 13.2 Å². The Morgan fingerprint density at radius 1 is 1.32 bits per heavy atom. The molecule has 0 saturated heterocycles. The molecule has 0 aliphatic rings. The molecule has 0 unspecified atom stereocenters. The third kappa shape index (κ3) is 7.12. The van der Waals surface area contributed by atoms with Crippen LogP contribution in [0.5, 0.6) is 0 Å². The lowest BCUT2D eigenvalue weighted by atomic mass is 10.2. The zero-order valence-electron chi connectivity index (χ0n) is 11.3. The average Bonchev–Trinajstić information content (AvgIpc) is 2.35. The molecule has 0 bridgehead atoms. The topological polar surface area (TPSA) is 28.2 Å². The summed E-state index contributed by atoms with van der Waals surface area (Å²) in [6.45, 7) is 4.09. The standard InChI is InChI=1S/C13H20F3N3/c1-3-17-8-11-4-5-12(18-9-11)10-19(2)7-6-13(14,15)16/h4-5,9,17H,3,6-8,10H2,1-2H3. The number of rotatable bonds is 7. The van der Waals surface area contributed by atoms with Crippen LogP contribution in [0.3, 0.4) is 0 Å². The van der Waals surface area contributed by atoms with E-state index in [1.54, 1.807) is 18.1 Å². The lowest BCUT2D eigenvalue weighted by Crippen LogP contribution is -2.24. The van der Waals surface area contributed by atoms with Gasteiger partial charge in [0.2, 0.25) is 0 Å². The Bertz CT molecular complexity index is 362. The first-order valence-corrected chi connectivity index (χ1v) is 6.30. The van der Waals surface area contributed by atoms with Gasteiger partial charge in [-0.1, -0.05) is 13.0 Å². The minimum absolute atomic E-state index is 0.00960. The molecule has 0 aliphatic carbocycles. The fraction of sp³-hybridized carbons (Fsp3) is 0.615. The van der Waals surface area contributed by atoms with Crippen LogP contribution in [0.1, 0.15) is 24.6 Å². The van der Waals surface area contributed by atoms with Crippen LogP contribution in [-0.4, -0.2) is 36.2 Å². The normalized spacial score (nSPS) is 12.1. The zero-order valence-corrected chi connectivity index (χ0v) is 11.3. The summed E-state index contributed by atoms with van der Waals surface area (Å²) in [5, 5.41) is 3.19. The van der Waals surface area contributed by atoms with Crippen LogP contribution in [-0.2, 0) is 13.1 Å². The van der Waals surface area contributed by atoms with Gasteiger partial charge in [0.1, 0.15) is 0 Å². The Kier molecular flexibility index (Phi) is 6.24. The first-order chi connectivity index (χ1) is 8.90. The quantitative estimate of drug-likeness (QED) is 0.829. The predicted octanol–water partition coefficient (Wildman–Crippen LogP) is 2.58. The summed E-state index contributed by atoms with van der Waals surface area (Å²) in [6.07, 6.45) is -3.13. The Hall–Kier alpha value is -1.14. The summed E-state index contributed by atoms with van der Waals surface area (Å²) in [7, 11) is 1.67. The van der Waals surface area contributed by atoms with Crippen molar-refractivity contribution in [2.24, 2.45) is 0 Å². The van der Waals surface area contributed by atoms with Crippen molar-refractivity contribution in [3.63, 3.8) is 0 Å². The minimum atomic E-state index is -4.10. The van der Waals surface area contributed by atoms with Crippen LogP contribution >= 0.6 is 0 Å². The first kappa shape index (κ1) is 15.9. The van der Waals surface area contributed by atoms with Gasteiger partial charge in [-0.05, 0) is 25.2 Å². The van der Waals surface area contributed by atoms with Gasteiger partial charge in [0.05, 0.1) is 12.1 Å². The van der Waals surface area contributed by atoms with E-state index in [1.165, 1.54) is 0 Å². The van der Waals surface area contributed by atoms with Crippen molar-refractivity contribution < 1.29 is 13.2 Å². The van der Waals surface area contributed by atoms with E-state index in [9.17, 15) is 13.2 Å². The summed E-state index contributed by atoms with van der Waals surface area (Å²) < 4.78 is 36.2. The Morgan fingerprint density at radius 2 is 2.05 bits per heavy atom. The van der Waals surface area contributed by atoms with Crippen molar-refractivity contribution in [3.8, 4) is 0 Å². The van der Waals surface area contributed by atoms with Crippen molar-refractivity contribution in [3.05, 3.63) is 29.6 Å². The monoisotopic (exact) mass is 275 g/mol. The van der Waals surface area contributed by atoms with Crippen LogP contribution in [0.2, 0.25) is 0 Å². The molecule has 0 fully saturated rings.